The molecule has 1 atom stereocenters. The molecule has 1 aromatic rings. The highest BCUT2D eigenvalue weighted by Crippen LogP contribution is 2.14. The fourth-order valence-corrected chi connectivity index (χ4v) is 2.35. The molecule has 0 bridgehead atoms. The van der Waals surface area contributed by atoms with Crippen molar-refractivity contribution in [1.82, 2.24) is 16.0 Å². The van der Waals surface area contributed by atoms with Crippen LogP contribution in [0.2, 0.25) is 0 Å². The molecule has 120 valence electrons. The predicted molar refractivity (Wildman–Crippen MR) is 83.4 cm³/mol. The standard InChI is InChI=1S/C16H23N3O3/c1-2-18-15(20)11-22-14-5-3-4-12(8-14)9-19-16(21)13-6-7-17-10-13/h3-5,8,13,17H,2,6-7,9-11H2,1H3,(H,18,20)(H,19,21). The van der Waals surface area contributed by atoms with Gasteiger partial charge in [-0.1, -0.05) is 12.1 Å². The molecule has 1 unspecified atom stereocenters. The third-order valence-corrected chi connectivity index (χ3v) is 3.54. The molecule has 6 heteroatoms. The Kier molecular flexibility index (Phi) is 6.21. The van der Waals surface area contributed by atoms with Crippen LogP contribution in [0.5, 0.6) is 5.75 Å². The van der Waals surface area contributed by atoms with E-state index in [1.54, 1.807) is 6.07 Å². The number of carbonyl (C=O) groups excluding carboxylic acids is 2. The average molecular weight is 305 g/mol. The molecule has 22 heavy (non-hydrogen) atoms. The molecule has 1 aliphatic heterocycles. The summed E-state index contributed by atoms with van der Waals surface area (Å²) in [7, 11) is 0. The summed E-state index contributed by atoms with van der Waals surface area (Å²) in [6, 6.07) is 7.41. The molecule has 6 nitrogen and oxygen atoms in total. The van der Waals surface area contributed by atoms with E-state index in [-0.39, 0.29) is 24.3 Å². The maximum absolute atomic E-state index is 12.0. The summed E-state index contributed by atoms with van der Waals surface area (Å²) in [4.78, 5) is 23.3. The normalized spacial score (nSPS) is 17.0. The third kappa shape index (κ3) is 5.04. The van der Waals surface area contributed by atoms with E-state index in [1.165, 1.54) is 0 Å². The van der Waals surface area contributed by atoms with Crippen molar-refractivity contribution in [3.8, 4) is 5.75 Å². The Hall–Kier alpha value is -2.08. The third-order valence-electron chi connectivity index (χ3n) is 3.54. The highest BCUT2D eigenvalue weighted by molar-refractivity contribution is 5.79. The van der Waals surface area contributed by atoms with Crippen molar-refractivity contribution < 1.29 is 14.3 Å². The molecule has 1 heterocycles. The molecule has 1 aromatic carbocycles. The monoisotopic (exact) mass is 305 g/mol. The first-order valence-electron chi connectivity index (χ1n) is 7.66. The largest absolute Gasteiger partial charge is 0.484 e. The van der Waals surface area contributed by atoms with Crippen LogP contribution in [-0.2, 0) is 16.1 Å². The average Bonchev–Trinajstić information content (AvgIpc) is 3.06. The van der Waals surface area contributed by atoms with Gasteiger partial charge in [-0.05, 0) is 37.6 Å². The van der Waals surface area contributed by atoms with Crippen molar-refractivity contribution in [2.24, 2.45) is 5.92 Å². The fraction of sp³-hybridized carbons (Fsp3) is 0.500. The van der Waals surface area contributed by atoms with E-state index in [4.69, 9.17) is 4.74 Å². The van der Waals surface area contributed by atoms with Crippen molar-refractivity contribution in [2.45, 2.75) is 19.9 Å². The summed E-state index contributed by atoms with van der Waals surface area (Å²) >= 11 is 0. The van der Waals surface area contributed by atoms with Crippen molar-refractivity contribution >= 4 is 11.8 Å². The topological polar surface area (TPSA) is 79.5 Å². The van der Waals surface area contributed by atoms with Crippen LogP contribution in [-0.4, -0.2) is 38.1 Å². The second kappa shape index (κ2) is 8.38. The molecule has 0 spiro atoms. The van der Waals surface area contributed by atoms with E-state index < -0.39 is 0 Å². The Labute approximate surface area is 130 Å². The number of likely N-dealkylation sites (N-methyl/N-ethyl adjacent to an activating group) is 1. The zero-order chi connectivity index (χ0) is 15.8. The first-order valence-corrected chi connectivity index (χ1v) is 7.66. The molecular formula is C16H23N3O3. The van der Waals surface area contributed by atoms with Gasteiger partial charge in [-0.3, -0.25) is 9.59 Å². The Balaban J connectivity index is 1.80. The first kappa shape index (κ1) is 16.3. The fourth-order valence-electron chi connectivity index (χ4n) is 2.35. The minimum Gasteiger partial charge on any atom is -0.484 e. The maximum Gasteiger partial charge on any atom is 0.257 e. The zero-order valence-corrected chi connectivity index (χ0v) is 12.9. The van der Waals surface area contributed by atoms with Crippen LogP contribution in [0.4, 0.5) is 0 Å². The predicted octanol–water partition coefficient (Wildman–Crippen LogP) is 0.427. The quantitative estimate of drug-likeness (QED) is 0.682. The summed E-state index contributed by atoms with van der Waals surface area (Å²) in [6.45, 7) is 4.57. The molecule has 1 saturated heterocycles. The number of amides is 2. The molecule has 0 saturated carbocycles. The zero-order valence-electron chi connectivity index (χ0n) is 12.9. The van der Waals surface area contributed by atoms with Gasteiger partial charge in [-0.25, -0.2) is 0 Å². The lowest BCUT2D eigenvalue weighted by Gasteiger charge is -2.11. The van der Waals surface area contributed by atoms with E-state index in [1.807, 2.05) is 25.1 Å². The molecule has 0 aliphatic carbocycles. The number of carbonyl (C=O) groups is 2. The number of ether oxygens (including phenoxy) is 1. The molecule has 1 fully saturated rings. The maximum atomic E-state index is 12.0. The van der Waals surface area contributed by atoms with Gasteiger partial charge < -0.3 is 20.7 Å². The van der Waals surface area contributed by atoms with E-state index in [2.05, 4.69) is 16.0 Å². The van der Waals surface area contributed by atoms with Crippen molar-refractivity contribution in [2.75, 3.05) is 26.2 Å². The number of hydrogen-bond acceptors (Lipinski definition) is 4. The lowest BCUT2D eigenvalue weighted by atomic mass is 10.1. The minimum atomic E-state index is -0.144. The van der Waals surface area contributed by atoms with Crippen LogP contribution in [0, 0.1) is 5.92 Å². The lowest BCUT2D eigenvalue weighted by Crippen LogP contribution is -2.31. The highest BCUT2D eigenvalue weighted by atomic mass is 16.5. The van der Waals surface area contributed by atoms with Gasteiger partial charge in [0.1, 0.15) is 5.75 Å². The summed E-state index contributed by atoms with van der Waals surface area (Å²) in [5.41, 5.74) is 0.952. The number of rotatable bonds is 7. The van der Waals surface area contributed by atoms with Crippen LogP contribution in [0.3, 0.4) is 0 Å². The SMILES string of the molecule is CCNC(=O)COc1cccc(CNC(=O)C2CCNC2)c1. The van der Waals surface area contributed by atoms with E-state index in [0.717, 1.165) is 25.1 Å². The van der Waals surface area contributed by atoms with Crippen LogP contribution >= 0.6 is 0 Å². The summed E-state index contributed by atoms with van der Waals surface area (Å²) in [5, 5.41) is 8.79. The number of hydrogen-bond donors (Lipinski definition) is 3. The van der Waals surface area contributed by atoms with Crippen LogP contribution in [0.25, 0.3) is 0 Å². The van der Waals surface area contributed by atoms with Gasteiger partial charge in [0.2, 0.25) is 5.91 Å². The summed E-state index contributed by atoms with van der Waals surface area (Å²) in [6.07, 6.45) is 0.890. The van der Waals surface area contributed by atoms with Crippen LogP contribution in [0.15, 0.2) is 24.3 Å². The molecule has 2 amide bonds. The Morgan fingerprint density at radius 1 is 1.36 bits per heavy atom. The van der Waals surface area contributed by atoms with E-state index >= 15 is 0 Å². The van der Waals surface area contributed by atoms with Crippen LogP contribution in [0.1, 0.15) is 18.9 Å². The van der Waals surface area contributed by atoms with Gasteiger partial charge in [0.15, 0.2) is 6.61 Å². The Morgan fingerprint density at radius 3 is 2.95 bits per heavy atom. The number of benzene rings is 1. The second-order valence-electron chi connectivity index (χ2n) is 5.30. The van der Waals surface area contributed by atoms with Crippen molar-refractivity contribution in [3.05, 3.63) is 29.8 Å². The van der Waals surface area contributed by atoms with Gasteiger partial charge >= 0.3 is 0 Å². The minimum absolute atomic E-state index is 0.00258. The lowest BCUT2D eigenvalue weighted by molar-refractivity contribution is -0.124. The summed E-state index contributed by atoms with van der Waals surface area (Å²) < 4.78 is 5.43. The van der Waals surface area contributed by atoms with E-state index in [9.17, 15) is 9.59 Å². The van der Waals surface area contributed by atoms with Crippen molar-refractivity contribution in [3.63, 3.8) is 0 Å². The highest BCUT2D eigenvalue weighted by Gasteiger charge is 2.21. The molecule has 0 aromatic heterocycles. The molecular weight excluding hydrogens is 282 g/mol. The van der Waals surface area contributed by atoms with Gasteiger partial charge in [0.05, 0.1) is 5.92 Å². The first-order chi connectivity index (χ1) is 10.7. The summed E-state index contributed by atoms with van der Waals surface area (Å²) in [5.74, 6) is 0.631. The molecule has 1 aliphatic rings. The molecule has 2 rings (SSSR count). The molecule has 3 N–H and O–H groups in total. The van der Waals surface area contributed by atoms with Gasteiger partial charge in [-0.15, -0.1) is 0 Å². The smallest absolute Gasteiger partial charge is 0.257 e. The van der Waals surface area contributed by atoms with Crippen LogP contribution < -0.4 is 20.7 Å². The van der Waals surface area contributed by atoms with Gasteiger partial charge in [0.25, 0.3) is 5.91 Å². The second-order valence-corrected chi connectivity index (χ2v) is 5.30. The van der Waals surface area contributed by atoms with Gasteiger partial charge in [-0.2, -0.15) is 0 Å². The Bertz CT molecular complexity index is 513. The number of nitrogens with one attached hydrogen (secondary N) is 3. The molecule has 0 radical (unpaired) electrons. The Morgan fingerprint density at radius 2 is 2.23 bits per heavy atom. The van der Waals surface area contributed by atoms with Gasteiger partial charge in [0, 0.05) is 19.6 Å². The van der Waals surface area contributed by atoms with E-state index in [0.29, 0.717) is 18.8 Å². The van der Waals surface area contributed by atoms with Crippen molar-refractivity contribution in [1.29, 1.82) is 0 Å².